The lowest BCUT2D eigenvalue weighted by atomic mass is 10.1. The minimum atomic E-state index is -0.777. The highest BCUT2D eigenvalue weighted by Crippen LogP contribution is 2.17. The van der Waals surface area contributed by atoms with Gasteiger partial charge in [-0.3, -0.25) is 14.6 Å². The molecule has 0 aromatic carbocycles. The molecule has 0 bridgehead atoms. The van der Waals surface area contributed by atoms with Crippen LogP contribution in [0.5, 0.6) is 0 Å². The molecule has 0 saturated carbocycles. The van der Waals surface area contributed by atoms with E-state index in [2.05, 4.69) is 22.0 Å². The lowest BCUT2D eigenvalue weighted by Crippen LogP contribution is -2.41. The van der Waals surface area contributed by atoms with Crippen LogP contribution < -0.4 is 5.32 Å². The number of aliphatic hydroxyl groups is 1. The van der Waals surface area contributed by atoms with E-state index in [0.29, 0.717) is 6.54 Å². The van der Waals surface area contributed by atoms with Gasteiger partial charge in [-0.05, 0) is 53.2 Å². The maximum absolute atomic E-state index is 12.1. The molecule has 0 aromatic heterocycles. The van der Waals surface area contributed by atoms with Crippen LogP contribution in [0.4, 0.5) is 4.79 Å². The number of carbonyl (C=O) groups is 2. The van der Waals surface area contributed by atoms with E-state index < -0.39 is 5.54 Å². The zero-order chi connectivity index (χ0) is 17.0. The molecule has 3 amide bonds. The van der Waals surface area contributed by atoms with Crippen LogP contribution in [0, 0.1) is 0 Å². The Kier molecular flexibility index (Phi) is 6.00. The predicted octanol–water partition coefficient (Wildman–Crippen LogP) is 0.0954. The molecule has 2 heterocycles. The molecule has 2 fully saturated rings. The SMILES string of the molecule is CC(CO)N1CCCN(CCCN2C(=O)NC(C)(C)C2=O)CC1. The zero-order valence-corrected chi connectivity index (χ0v) is 14.5. The van der Waals surface area contributed by atoms with Crippen molar-refractivity contribution >= 4 is 11.9 Å². The molecule has 0 spiro atoms. The second-order valence-electron chi connectivity index (χ2n) is 7.13. The van der Waals surface area contributed by atoms with Crippen molar-refractivity contribution in [3.63, 3.8) is 0 Å². The van der Waals surface area contributed by atoms with E-state index in [4.69, 9.17) is 0 Å². The minimum Gasteiger partial charge on any atom is -0.395 e. The standard InChI is InChI=1S/C16H30N4O3/c1-13(12-21)19-8-4-6-18(10-11-19)7-5-9-20-14(22)16(2,3)17-15(20)23/h13,21H,4-12H2,1-3H3,(H,17,23). The highest BCUT2D eigenvalue weighted by atomic mass is 16.3. The van der Waals surface area contributed by atoms with E-state index in [1.165, 1.54) is 4.90 Å². The van der Waals surface area contributed by atoms with Crippen LogP contribution in [0.15, 0.2) is 0 Å². The Morgan fingerprint density at radius 2 is 1.91 bits per heavy atom. The van der Waals surface area contributed by atoms with Crippen molar-refractivity contribution in [2.75, 3.05) is 45.9 Å². The van der Waals surface area contributed by atoms with Gasteiger partial charge in [-0.15, -0.1) is 0 Å². The molecular weight excluding hydrogens is 296 g/mol. The van der Waals surface area contributed by atoms with E-state index in [9.17, 15) is 14.7 Å². The number of urea groups is 1. The molecule has 132 valence electrons. The summed E-state index contributed by atoms with van der Waals surface area (Å²) in [6.45, 7) is 11.0. The normalized spacial score (nSPS) is 24.6. The Hall–Kier alpha value is -1.18. The van der Waals surface area contributed by atoms with Crippen molar-refractivity contribution in [2.45, 2.75) is 45.2 Å². The number of amides is 3. The molecule has 2 N–H and O–H groups in total. The second-order valence-corrected chi connectivity index (χ2v) is 7.13. The Balaban J connectivity index is 1.75. The van der Waals surface area contributed by atoms with Gasteiger partial charge in [-0.1, -0.05) is 0 Å². The maximum atomic E-state index is 12.1. The average molecular weight is 326 g/mol. The van der Waals surface area contributed by atoms with Gasteiger partial charge in [0.25, 0.3) is 5.91 Å². The topological polar surface area (TPSA) is 76.1 Å². The first-order chi connectivity index (χ1) is 10.8. The summed E-state index contributed by atoms with van der Waals surface area (Å²) in [5.74, 6) is -0.138. The van der Waals surface area contributed by atoms with Gasteiger partial charge in [-0.2, -0.15) is 0 Å². The summed E-state index contributed by atoms with van der Waals surface area (Å²) in [6, 6.07) is -0.0677. The van der Waals surface area contributed by atoms with Crippen molar-refractivity contribution < 1.29 is 14.7 Å². The number of nitrogens with one attached hydrogen (secondary N) is 1. The fourth-order valence-corrected chi connectivity index (χ4v) is 3.24. The molecule has 0 radical (unpaired) electrons. The number of nitrogens with zero attached hydrogens (tertiary/aromatic N) is 3. The molecule has 1 atom stereocenters. The van der Waals surface area contributed by atoms with Crippen molar-refractivity contribution in [1.29, 1.82) is 0 Å². The molecule has 0 aromatic rings. The van der Waals surface area contributed by atoms with Crippen LogP contribution >= 0.6 is 0 Å². The van der Waals surface area contributed by atoms with Gasteiger partial charge < -0.3 is 15.3 Å². The molecule has 2 aliphatic rings. The summed E-state index contributed by atoms with van der Waals surface area (Å²) in [7, 11) is 0. The third kappa shape index (κ3) is 4.43. The van der Waals surface area contributed by atoms with E-state index in [-0.39, 0.29) is 24.6 Å². The first-order valence-electron chi connectivity index (χ1n) is 8.56. The largest absolute Gasteiger partial charge is 0.395 e. The fraction of sp³-hybridized carbons (Fsp3) is 0.875. The first kappa shape index (κ1) is 18.2. The quantitative estimate of drug-likeness (QED) is 0.677. The number of imide groups is 1. The van der Waals surface area contributed by atoms with Crippen LogP contribution in [-0.2, 0) is 4.79 Å². The Morgan fingerprint density at radius 3 is 2.52 bits per heavy atom. The third-order valence-electron chi connectivity index (χ3n) is 4.81. The molecule has 2 saturated heterocycles. The van der Waals surface area contributed by atoms with Crippen molar-refractivity contribution in [3.05, 3.63) is 0 Å². The Morgan fingerprint density at radius 1 is 1.17 bits per heavy atom. The summed E-state index contributed by atoms with van der Waals surface area (Å²) in [6.07, 6.45) is 1.88. The van der Waals surface area contributed by atoms with Gasteiger partial charge in [0, 0.05) is 25.7 Å². The Labute approximate surface area is 138 Å². The molecule has 1 unspecified atom stereocenters. The van der Waals surface area contributed by atoms with Crippen molar-refractivity contribution in [3.8, 4) is 0 Å². The number of aliphatic hydroxyl groups excluding tert-OH is 1. The predicted molar refractivity (Wildman–Crippen MR) is 88.1 cm³/mol. The summed E-state index contributed by atoms with van der Waals surface area (Å²) in [5, 5.41) is 12.0. The van der Waals surface area contributed by atoms with Crippen molar-refractivity contribution in [2.24, 2.45) is 0 Å². The minimum absolute atomic E-state index is 0.138. The van der Waals surface area contributed by atoms with E-state index in [1.807, 2.05) is 0 Å². The highest BCUT2D eigenvalue weighted by Gasteiger charge is 2.43. The van der Waals surface area contributed by atoms with Gasteiger partial charge in [-0.25, -0.2) is 4.79 Å². The molecule has 7 heteroatoms. The van der Waals surface area contributed by atoms with Crippen LogP contribution in [-0.4, -0.2) is 89.2 Å². The summed E-state index contributed by atoms with van der Waals surface area (Å²) < 4.78 is 0. The van der Waals surface area contributed by atoms with Crippen LogP contribution in [0.3, 0.4) is 0 Å². The number of hydrogen-bond donors (Lipinski definition) is 2. The second kappa shape index (κ2) is 7.59. The number of carbonyl (C=O) groups excluding carboxylic acids is 2. The lowest BCUT2D eigenvalue weighted by molar-refractivity contribution is -0.130. The van der Waals surface area contributed by atoms with Crippen LogP contribution in [0.2, 0.25) is 0 Å². The van der Waals surface area contributed by atoms with Gasteiger partial charge in [0.05, 0.1) is 6.61 Å². The molecule has 2 aliphatic heterocycles. The van der Waals surface area contributed by atoms with E-state index in [0.717, 1.165) is 45.6 Å². The van der Waals surface area contributed by atoms with Crippen LogP contribution in [0.25, 0.3) is 0 Å². The third-order valence-corrected chi connectivity index (χ3v) is 4.81. The summed E-state index contributed by atoms with van der Waals surface area (Å²) >= 11 is 0. The smallest absolute Gasteiger partial charge is 0.325 e. The Bertz CT molecular complexity index is 441. The van der Waals surface area contributed by atoms with Crippen molar-refractivity contribution in [1.82, 2.24) is 20.0 Å². The van der Waals surface area contributed by atoms with Gasteiger partial charge in [0.15, 0.2) is 0 Å². The number of rotatable bonds is 6. The summed E-state index contributed by atoms with van der Waals surface area (Å²) in [5.41, 5.74) is -0.777. The van der Waals surface area contributed by atoms with Gasteiger partial charge >= 0.3 is 6.03 Å². The van der Waals surface area contributed by atoms with E-state index >= 15 is 0 Å². The molecule has 23 heavy (non-hydrogen) atoms. The van der Waals surface area contributed by atoms with Crippen LogP contribution in [0.1, 0.15) is 33.6 Å². The number of hydrogen-bond acceptors (Lipinski definition) is 5. The molecule has 0 aliphatic carbocycles. The molecule has 2 rings (SSSR count). The van der Waals surface area contributed by atoms with Gasteiger partial charge in [0.2, 0.25) is 0 Å². The summed E-state index contributed by atoms with van der Waals surface area (Å²) in [4.78, 5) is 30.0. The lowest BCUT2D eigenvalue weighted by Gasteiger charge is -2.26. The van der Waals surface area contributed by atoms with E-state index in [1.54, 1.807) is 13.8 Å². The fourth-order valence-electron chi connectivity index (χ4n) is 3.24. The maximum Gasteiger partial charge on any atom is 0.325 e. The zero-order valence-electron chi connectivity index (χ0n) is 14.5. The first-order valence-corrected chi connectivity index (χ1v) is 8.56. The average Bonchev–Trinajstić information content (AvgIpc) is 2.68. The monoisotopic (exact) mass is 326 g/mol. The molecule has 7 nitrogen and oxygen atoms in total. The van der Waals surface area contributed by atoms with Gasteiger partial charge in [0.1, 0.15) is 5.54 Å². The molecular formula is C16H30N4O3. The highest BCUT2D eigenvalue weighted by molar-refractivity contribution is 6.06.